The van der Waals surface area contributed by atoms with Crippen molar-refractivity contribution < 1.29 is 0 Å². The molecule has 1 aromatic rings. The van der Waals surface area contributed by atoms with Crippen LogP contribution in [0.3, 0.4) is 0 Å². The number of aryl methyl sites for hydroxylation is 2. The van der Waals surface area contributed by atoms with Crippen LogP contribution < -0.4 is 5.32 Å². The lowest BCUT2D eigenvalue weighted by Crippen LogP contribution is -2.56. The van der Waals surface area contributed by atoms with Gasteiger partial charge < -0.3 is 5.32 Å². The molecule has 0 unspecified atom stereocenters. The van der Waals surface area contributed by atoms with Crippen molar-refractivity contribution >= 4 is 11.6 Å². The van der Waals surface area contributed by atoms with Gasteiger partial charge in [-0.2, -0.15) is 5.10 Å². The van der Waals surface area contributed by atoms with Crippen molar-refractivity contribution in [1.29, 1.82) is 0 Å². The summed E-state index contributed by atoms with van der Waals surface area (Å²) in [4.78, 5) is 2.44. The first kappa shape index (κ1) is 11.9. The average molecular weight is 243 g/mol. The molecule has 0 aromatic carbocycles. The molecule has 1 aliphatic rings. The average Bonchev–Trinajstić information content (AvgIpc) is 2.40. The SMILES string of the molecule is CCN(Cc1c(Cl)c(C)nn1C)C1CNC1. The number of aromatic nitrogens is 2. The van der Waals surface area contributed by atoms with Gasteiger partial charge in [0.05, 0.1) is 16.4 Å². The van der Waals surface area contributed by atoms with Gasteiger partial charge in [0.1, 0.15) is 0 Å². The van der Waals surface area contributed by atoms with E-state index in [1.807, 2.05) is 18.7 Å². The fourth-order valence-corrected chi connectivity index (χ4v) is 2.29. The van der Waals surface area contributed by atoms with Crippen LogP contribution in [0.4, 0.5) is 0 Å². The van der Waals surface area contributed by atoms with E-state index >= 15 is 0 Å². The van der Waals surface area contributed by atoms with Crippen LogP contribution in [0.25, 0.3) is 0 Å². The largest absolute Gasteiger partial charge is 0.314 e. The van der Waals surface area contributed by atoms with Crippen LogP contribution in [0.2, 0.25) is 5.02 Å². The van der Waals surface area contributed by atoms with Gasteiger partial charge in [-0.1, -0.05) is 18.5 Å². The topological polar surface area (TPSA) is 33.1 Å². The molecule has 0 bridgehead atoms. The van der Waals surface area contributed by atoms with Crippen LogP contribution in [0, 0.1) is 6.92 Å². The standard InChI is InChI=1S/C11H19ClN4/c1-4-16(9-5-13-6-9)7-10-11(12)8(2)14-15(10)3/h9,13H,4-7H2,1-3H3. The van der Waals surface area contributed by atoms with Gasteiger partial charge in [0.15, 0.2) is 0 Å². The van der Waals surface area contributed by atoms with E-state index in [2.05, 4.69) is 22.2 Å². The molecule has 1 aromatic heterocycles. The third-order valence-corrected chi connectivity index (χ3v) is 3.79. The maximum absolute atomic E-state index is 6.26. The minimum atomic E-state index is 0.649. The van der Waals surface area contributed by atoms with E-state index in [-0.39, 0.29) is 0 Å². The highest BCUT2D eigenvalue weighted by Gasteiger charge is 2.25. The molecule has 0 atom stereocenters. The number of nitrogens with zero attached hydrogens (tertiary/aromatic N) is 3. The number of halogens is 1. The fourth-order valence-electron chi connectivity index (χ4n) is 2.07. The summed E-state index contributed by atoms with van der Waals surface area (Å²) >= 11 is 6.26. The molecule has 0 saturated carbocycles. The number of likely N-dealkylation sites (N-methyl/N-ethyl adjacent to an activating group) is 1. The molecule has 1 saturated heterocycles. The summed E-state index contributed by atoms with van der Waals surface area (Å²) in [6.07, 6.45) is 0. The van der Waals surface area contributed by atoms with Gasteiger partial charge in [-0.25, -0.2) is 0 Å². The Kier molecular flexibility index (Phi) is 3.52. The van der Waals surface area contributed by atoms with Gasteiger partial charge in [-0.3, -0.25) is 9.58 Å². The molecule has 2 rings (SSSR count). The van der Waals surface area contributed by atoms with E-state index in [0.29, 0.717) is 6.04 Å². The maximum atomic E-state index is 6.26. The molecule has 5 heteroatoms. The van der Waals surface area contributed by atoms with E-state index in [1.54, 1.807) is 0 Å². The Hall–Kier alpha value is -0.580. The normalized spacial score (nSPS) is 16.8. The second kappa shape index (κ2) is 4.73. The number of hydrogen-bond donors (Lipinski definition) is 1. The molecular weight excluding hydrogens is 224 g/mol. The van der Waals surface area contributed by atoms with Gasteiger partial charge >= 0.3 is 0 Å². The maximum Gasteiger partial charge on any atom is 0.0860 e. The van der Waals surface area contributed by atoms with Crippen LogP contribution in [0.15, 0.2) is 0 Å². The molecule has 90 valence electrons. The summed E-state index contributed by atoms with van der Waals surface area (Å²) in [5.41, 5.74) is 2.04. The first-order chi connectivity index (χ1) is 7.63. The zero-order valence-corrected chi connectivity index (χ0v) is 10.9. The van der Waals surface area contributed by atoms with Crippen molar-refractivity contribution in [3.63, 3.8) is 0 Å². The summed E-state index contributed by atoms with van der Waals surface area (Å²) in [6.45, 7) is 8.25. The monoisotopic (exact) mass is 242 g/mol. The summed E-state index contributed by atoms with van der Waals surface area (Å²) in [7, 11) is 1.96. The highest BCUT2D eigenvalue weighted by molar-refractivity contribution is 6.31. The predicted octanol–water partition coefficient (Wildman–Crippen LogP) is 1.18. The minimum Gasteiger partial charge on any atom is -0.314 e. The molecule has 2 heterocycles. The Morgan fingerprint density at radius 1 is 1.56 bits per heavy atom. The molecule has 16 heavy (non-hydrogen) atoms. The molecule has 1 fully saturated rings. The third-order valence-electron chi connectivity index (χ3n) is 3.30. The van der Waals surface area contributed by atoms with Crippen molar-refractivity contribution in [2.24, 2.45) is 7.05 Å². The van der Waals surface area contributed by atoms with Crippen LogP contribution in [0.5, 0.6) is 0 Å². The Labute approximate surface area is 102 Å². The van der Waals surface area contributed by atoms with Crippen molar-refractivity contribution in [2.45, 2.75) is 26.4 Å². The van der Waals surface area contributed by atoms with E-state index in [4.69, 9.17) is 11.6 Å². The lowest BCUT2D eigenvalue weighted by molar-refractivity contribution is 0.142. The zero-order chi connectivity index (χ0) is 11.7. The highest BCUT2D eigenvalue weighted by Crippen LogP contribution is 2.22. The summed E-state index contributed by atoms with van der Waals surface area (Å²) < 4.78 is 1.90. The van der Waals surface area contributed by atoms with E-state index in [9.17, 15) is 0 Å². The van der Waals surface area contributed by atoms with Crippen molar-refractivity contribution in [3.8, 4) is 0 Å². The molecule has 1 N–H and O–H groups in total. The van der Waals surface area contributed by atoms with E-state index < -0.39 is 0 Å². The Morgan fingerprint density at radius 3 is 2.62 bits per heavy atom. The second-order valence-corrected chi connectivity index (χ2v) is 4.72. The van der Waals surface area contributed by atoms with Gasteiger partial charge in [0, 0.05) is 32.7 Å². The molecule has 1 aliphatic heterocycles. The number of nitrogens with one attached hydrogen (secondary N) is 1. The second-order valence-electron chi connectivity index (χ2n) is 4.34. The summed E-state index contributed by atoms with van der Waals surface area (Å²) in [5, 5.41) is 8.46. The number of rotatable bonds is 4. The van der Waals surface area contributed by atoms with E-state index in [0.717, 1.165) is 42.6 Å². The molecule has 0 spiro atoms. The smallest absolute Gasteiger partial charge is 0.0860 e. The zero-order valence-electron chi connectivity index (χ0n) is 10.1. The molecule has 0 aliphatic carbocycles. The van der Waals surface area contributed by atoms with Crippen LogP contribution in [-0.2, 0) is 13.6 Å². The van der Waals surface area contributed by atoms with Crippen molar-refractivity contribution in [3.05, 3.63) is 16.4 Å². The van der Waals surface area contributed by atoms with Crippen LogP contribution in [0.1, 0.15) is 18.3 Å². The van der Waals surface area contributed by atoms with E-state index in [1.165, 1.54) is 0 Å². The van der Waals surface area contributed by atoms with Crippen LogP contribution in [-0.4, -0.2) is 40.4 Å². The van der Waals surface area contributed by atoms with Gasteiger partial charge in [-0.05, 0) is 13.5 Å². The summed E-state index contributed by atoms with van der Waals surface area (Å²) in [5.74, 6) is 0. The predicted molar refractivity (Wildman–Crippen MR) is 65.7 cm³/mol. The molecule has 4 nitrogen and oxygen atoms in total. The quantitative estimate of drug-likeness (QED) is 0.861. The molecular formula is C11H19ClN4. The van der Waals surface area contributed by atoms with Crippen LogP contribution >= 0.6 is 11.6 Å². The van der Waals surface area contributed by atoms with Gasteiger partial charge in [0.2, 0.25) is 0 Å². The molecule has 0 radical (unpaired) electrons. The summed E-state index contributed by atoms with van der Waals surface area (Å²) in [6, 6.07) is 0.649. The lowest BCUT2D eigenvalue weighted by atomic mass is 10.1. The Morgan fingerprint density at radius 2 is 2.25 bits per heavy atom. The number of hydrogen-bond acceptors (Lipinski definition) is 3. The van der Waals surface area contributed by atoms with Crippen molar-refractivity contribution in [2.75, 3.05) is 19.6 Å². The highest BCUT2D eigenvalue weighted by atomic mass is 35.5. The molecule has 0 amide bonds. The van der Waals surface area contributed by atoms with Crippen molar-refractivity contribution in [1.82, 2.24) is 20.0 Å². The third kappa shape index (κ3) is 2.10. The first-order valence-corrected chi connectivity index (χ1v) is 6.14. The Balaban J connectivity index is 2.11. The fraction of sp³-hybridized carbons (Fsp3) is 0.727. The lowest BCUT2D eigenvalue weighted by Gasteiger charge is -2.37. The van der Waals surface area contributed by atoms with Gasteiger partial charge in [0.25, 0.3) is 0 Å². The first-order valence-electron chi connectivity index (χ1n) is 5.76. The minimum absolute atomic E-state index is 0.649. The Bertz CT molecular complexity index is 370. The van der Waals surface area contributed by atoms with Gasteiger partial charge in [-0.15, -0.1) is 0 Å².